The molecule has 1 saturated heterocycles. The van der Waals surface area contributed by atoms with E-state index < -0.39 is 0 Å². The molecule has 0 aromatic heterocycles. The van der Waals surface area contributed by atoms with Gasteiger partial charge in [-0.3, -0.25) is 9.69 Å². The van der Waals surface area contributed by atoms with Gasteiger partial charge in [-0.1, -0.05) is 0 Å². The highest BCUT2D eigenvalue weighted by molar-refractivity contribution is 5.69. The minimum absolute atomic E-state index is 0.122. The van der Waals surface area contributed by atoms with Crippen LogP contribution in [-0.2, 0) is 9.53 Å². The van der Waals surface area contributed by atoms with E-state index in [1.807, 2.05) is 0 Å². The molecule has 1 rings (SSSR count). The largest absolute Gasteiger partial charge is 0.469 e. The molecule has 82 valence electrons. The first kappa shape index (κ1) is 11.5. The maximum atomic E-state index is 11.1. The average Bonchev–Trinajstić information content (AvgIpc) is 2.17. The van der Waals surface area contributed by atoms with Gasteiger partial charge in [0.25, 0.3) is 0 Å². The second-order valence-corrected chi connectivity index (χ2v) is 3.98. The topological polar surface area (TPSA) is 41.6 Å². The standard InChI is InChI=1S/C10H20N2O2/c1-8-7-12(5-4-11-8)9(2)6-10(13)14-3/h8-9,11H,4-7H2,1-3H3/t8-,9?/m1/s1. The smallest absolute Gasteiger partial charge is 0.307 e. The molecule has 0 aromatic rings. The van der Waals surface area contributed by atoms with Gasteiger partial charge in [0.2, 0.25) is 0 Å². The highest BCUT2D eigenvalue weighted by Gasteiger charge is 2.22. The number of hydrogen-bond acceptors (Lipinski definition) is 4. The van der Waals surface area contributed by atoms with Gasteiger partial charge < -0.3 is 10.1 Å². The Morgan fingerprint density at radius 3 is 3.00 bits per heavy atom. The zero-order chi connectivity index (χ0) is 10.6. The lowest BCUT2D eigenvalue weighted by Crippen LogP contribution is -2.52. The number of piperazine rings is 1. The van der Waals surface area contributed by atoms with Gasteiger partial charge in [-0.05, 0) is 13.8 Å². The van der Waals surface area contributed by atoms with Crippen molar-refractivity contribution < 1.29 is 9.53 Å². The lowest BCUT2D eigenvalue weighted by Gasteiger charge is -2.35. The quantitative estimate of drug-likeness (QED) is 0.662. The first-order valence-electron chi connectivity index (χ1n) is 5.17. The van der Waals surface area contributed by atoms with E-state index in [9.17, 15) is 4.79 Å². The molecule has 4 heteroatoms. The van der Waals surface area contributed by atoms with Crippen LogP contribution in [0.15, 0.2) is 0 Å². The van der Waals surface area contributed by atoms with Crippen molar-refractivity contribution in [3.8, 4) is 0 Å². The molecule has 0 aliphatic carbocycles. The van der Waals surface area contributed by atoms with Crippen LogP contribution >= 0.6 is 0 Å². The summed E-state index contributed by atoms with van der Waals surface area (Å²) >= 11 is 0. The summed E-state index contributed by atoms with van der Waals surface area (Å²) in [5, 5.41) is 3.38. The minimum Gasteiger partial charge on any atom is -0.469 e. The van der Waals surface area contributed by atoms with Crippen LogP contribution in [-0.4, -0.2) is 49.7 Å². The van der Waals surface area contributed by atoms with E-state index in [-0.39, 0.29) is 12.0 Å². The number of nitrogens with one attached hydrogen (secondary N) is 1. The fourth-order valence-corrected chi connectivity index (χ4v) is 1.82. The van der Waals surface area contributed by atoms with Crippen molar-refractivity contribution in [2.75, 3.05) is 26.7 Å². The number of carbonyl (C=O) groups is 1. The summed E-state index contributed by atoms with van der Waals surface area (Å²) in [4.78, 5) is 13.4. The number of hydrogen-bond donors (Lipinski definition) is 1. The summed E-state index contributed by atoms with van der Waals surface area (Å²) in [7, 11) is 1.44. The number of nitrogens with zero attached hydrogens (tertiary/aromatic N) is 1. The molecule has 1 aliphatic rings. The monoisotopic (exact) mass is 200 g/mol. The Bertz CT molecular complexity index is 197. The predicted octanol–water partition coefficient (Wildman–Crippen LogP) is 0.232. The van der Waals surface area contributed by atoms with Crippen molar-refractivity contribution in [2.24, 2.45) is 0 Å². The van der Waals surface area contributed by atoms with Gasteiger partial charge in [0.1, 0.15) is 0 Å². The molecule has 1 unspecified atom stereocenters. The van der Waals surface area contributed by atoms with Crippen LogP contribution in [0.5, 0.6) is 0 Å². The lowest BCUT2D eigenvalue weighted by atomic mass is 10.1. The van der Waals surface area contributed by atoms with E-state index in [1.54, 1.807) is 0 Å². The Morgan fingerprint density at radius 2 is 2.43 bits per heavy atom. The highest BCUT2D eigenvalue weighted by Crippen LogP contribution is 2.08. The van der Waals surface area contributed by atoms with Crippen LogP contribution < -0.4 is 5.32 Å². The Kier molecular flexibility index (Phi) is 4.35. The summed E-state index contributed by atoms with van der Waals surface area (Å²) in [5.41, 5.74) is 0. The first-order chi connectivity index (χ1) is 6.63. The number of carbonyl (C=O) groups excluding carboxylic acids is 1. The number of rotatable bonds is 3. The Hall–Kier alpha value is -0.610. The van der Waals surface area contributed by atoms with Crippen molar-refractivity contribution in [3.05, 3.63) is 0 Å². The molecular formula is C10H20N2O2. The summed E-state index contributed by atoms with van der Waals surface area (Å²) in [6, 6.07) is 0.802. The molecule has 1 aliphatic heterocycles. The molecule has 0 spiro atoms. The van der Waals surface area contributed by atoms with Crippen LogP contribution in [0.4, 0.5) is 0 Å². The van der Waals surface area contributed by atoms with Gasteiger partial charge in [-0.15, -0.1) is 0 Å². The molecule has 1 N–H and O–H groups in total. The molecule has 14 heavy (non-hydrogen) atoms. The summed E-state index contributed by atoms with van der Waals surface area (Å²) < 4.78 is 4.66. The lowest BCUT2D eigenvalue weighted by molar-refractivity contribution is -0.142. The summed E-state index contributed by atoms with van der Waals surface area (Å²) in [6.07, 6.45) is 0.489. The van der Waals surface area contributed by atoms with Crippen LogP contribution in [0.3, 0.4) is 0 Å². The number of methoxy groups -OCH3 is 1. The maximum Gasteiger partial charge on any atom is 0.307 e. The van der Waals surface area contributed by atoms with E-state index >= 15 is 0 Å². The van der Waals surface area contributed by atoms with Gasteiger partial charge in [0.05, 0.1) is 13.5 Å². The van der Waals surface area contributed by atoms with Crippen molar-refractivity contribution in [2.45, 2.75) is 32.4 Å². The average molecular weight is 200 g/mol. The van der Waals surface area contributed by atoms with Gasteiger partial charge in [0, 0.05) is 31.7 Å². The highest BCUT2D eigenvalue weighted by atomic mass is 16.5. The second-order valence-electron chi connectivity index (χ2n) is 3.98. The number of ether oxygens (including phenoxy) is 1. The minimum atomic E-state index is -0.122. The molecule has 0 amide bonds. The van der Waals surface area contributed by atoms with Crippen molar-refractivity contribution >= 4 is 5.97 Å². The van der Waals surface area contributed by atoms with E-state index in [4.69, 9.17) is 0 Å². The zero-order valence-corrected chi connectivity index (χ0v) is 9.25. The number of esters is 1. The fraction of sp³-hybridized carbons (Fsp3) is 0.900. The maximum absolute atomic E-state index is 11.1. The Labute approximate surface area is 85.6 Å². The van der Waals surface area contributed by atoms with E-state index in [1.165, 1.54) is 7.11 Å². The molecular weight excluding hydrogens is 180 g/mol. The van der Waals surface area contributed by atoms with Crippen molar-refractivity contribution in [1.29, 1.82) is 0 Å². The van der Waals surface area contributed by atoms with Gasteiger partial charge >= 0.3 is 5.97 Å². The van der Waals surface area contributed by atoms with Crippen molar-refractivity contribution in [1.82, 2.24) is 10.2 Å². The van der Waals surface area contributed by atoms with E-state index in [2.05, 4.69) is 28.8 Å². The van der Waals surface area contributed by atoms with Crippen LogP contribution in [0.25, 0.3) is 0 Å². The Morgan fingerprint density at radius 1 is 1.71 bits per heavy atom. The predicted molar refractivity (Wildman–Crippen MR) is 55.1 cm³/mol. The molecule has 0 radical (unpaired) electrons. The third kappa shape index (κ3) is 3.27. The van der Waals surface area contributed by atoms with Crippen molar-refractivity contribution in [3.63, 3.8) is 0 Å². The first-order valence-corrected chi connectivity index (χ1v) is 5.17. The third-order valence-corrected chi connectivity index (χ3v) is 2.71. The van der Waals surface area contributed by atoms with E-state index in [0.717, 1.165) is 19.6 Å². The van der Waals surface area contributed by atoms with Crippen LogP contribution in [0.1, 0.15) is 20.3 Å². The van der Waals surface area contributed by atoms with E-state index in [0.29, 0.717) is 12.5 Å². The molecule has 1 fully saturated rings. The molecule has 4 nitrogen and oxygen atoms in total. The zero-order valence-electron chi connectivity index (χ0n) is 9.25. The SMILES string of the molecule is COC(=O)CC(C)N1CCN[C@H](C)C1. The third-order valence-electron chi connectivity index (χ3n) is 2.71. The molecule has 1 heterocycles. The molecule has 0 bridgehead atoms. The molecule has 0 saturated carbocycles. The molecule has 0 aromatic carbocycles. The van der Waals surface area contributed by atoms with Gasteiger partial charge in [-0.25, -0.2) is 0 Å². The summed E-state index contributed by atoms with van der Waals surface area (Å²) in [6.45, 7) is 7.28. The summed E-state index contributed by atoms with van der Waals surface area (Å²) in [5.74, 6) is -0.122. The molecule has 2 atom stereocenters. The fourth-order valence-electron chi connectivity index (χ4n) is 1.82. The van der Waals surface area contributed by atoms with Crippen LogP contribution in [0.2, 0.25) is 0 Å². The van der Waals surface area contributed by atoms with Crippen LogP contribution in [0, 0.1) is 0 Å². The Balaban J connectivity index is 2.35. The van der Waals surface area contributed by atoms with Gasteiger partial charge in [-0.2, -0.15) is 0 Å². The second kappa shape index (κ2) is 5.32. The van der Waals surface area contributed by atoms with Gasteiger partial charge in [0.15, 0.2) is 0 Å². The normalized spacial score (nSPS) is 25.8.